The molecule has 0 aliphatic carbocycles. The van der Waals surface area contributed by atoms with Gasteiger partial charge >= 0.3 is 0 Å². The highest BCUT2D eigenvalue weighted by molar-refractivity contribution is 7.91. The van der Waals surface area contributed by atoms with Crippen LogP contribution in [0.1, 0.15) is 17.4 Å². The van der Waals surface area contributed by atoms with Crippen LogP contribution in [-0.4, -0.2) is 21.5 Å². The molecule has 5 nitrogen and oxygen atoms in total. The molecule has 0 saturated carbocycles. The monoisotopic (exact) mass is 374 g/mol. The Morgan fingerprint density at radius 1 is 1.16 bits per heavy atom. The Bertz CT molecular complexity index is 935. The number of anilines is 1. The summed E-state index contributed by atoms with van der Waals surface area (Å²) in [6.07, 6.45) is 2.57. The molecule has 1 aliphatic heterocycles. The number of sulfonamides is 1. The Morgan fingerprint density at radius 3 is 2.80 bits per heavy atom. The molecule has 1 aliphatic rings. The normalized spacial score (nSPS) is 15.3. The van der Waals surface area contributed by atoms with Gasteiger partial charge in [-0.2, -0.15) is 0 Å². The predicted molar refractivity (Wildman–Crippen MR) is 98.4 cm³/mol. The van der Waals surface area contributed by atoms with Crippen molar-refractivity contribution >= 4 is 27.0 Å². The van der Waals surface area contributed by atoms with Crippen molar-refractivity contribution in [2.24, 2.45) is 0 Å². The summed E-state index contributed by atoms with van der Waals surface area (Å²) in [6.45, 7) is 1.09. The van der Waals surface area contributed by atoms with Crippen LogP contribution in [-0.2, 0) is 16.4 Å². The maximum absolute atomic E-state index is 12.5. The van der Waals surface area contributed by atoms with Gasteiger partial charge in [0.2, 0.25) is 10.0 Å². The summed E-state index contributed by atoms with van der Waals surface area (Å²) >= 11 is 1.21. The van der Waals surface area contributed by atoms with Gasteiger partial charge in [-0.05, 0) is 41.6 Å². The molecule has 2 aromatic heterocycles. The first kappa shape index (κ1) is 16.4. The van der Waals surface area contributed by atoms with E-state index >= 15 is 0 Å². The molecule has 1 atom stereocenters. The summed E-state index contributed by atoms with van der Waals surface area (Å²) in [5.41, 5.74) is 2.42. The highest BCUT2D eigenvalue weighted by atomic mass is 32.2. The maximum Gasteiger partial charge on any atom is 0.250 e. The van der Waals surface area contributed by atoms with Gasteiger partial charge < -0.3 is 9.32 Å². The number of para-hydroxylation sites is 1. The molecule has 0 radical (unpaired) electrons. The fraction of sp³-hybridized carbons (Fsp3) is 0.222. The highest BCUT2D eigenvalue weighted by Crippen LogP contribution is 2.35. The van der Waals surface area contributed by atoms with Gasteiger partial charge in [-0.1, -0.05) is 24.3 Å². The van der Waals surface area contributed by atoms with E-state index in [1.165, 1.54) is 16.9 Å². The standard InChI is InChI=1S/C18H18N2O3S2/c21-25(22,18-8-4-12-24-18)19-13-16(17-7-3-11-23-17)20-10-9-14-5-1-2-6-15(14)20/h1-8,11-12,16,19H,9-10,13H2/t16-/m0/s1. The third-order valence-electron chi connectivity index (χ3n) is 4.40. The second-order valence-electron chi connectivity index (χ2n) is 5.89. The first-order valence-corrected chi connectivity index (χ1v) is 10.4. The highest BCUT2D eigenvalue weighted by Gasteiger charge is 2.30. The van der Waals surface area contributed by atoms with Crippen LogP contribution in [0, 0.1) is 0 Å². The number of hydrogen-bond donors (Lipinski definition) is 1. The summed E-state index contributed by atoms with van der Waals surface area (Å²) in [4.78, 5) is 2.21. The van der Waals surface area contributed by atoms with Crippen LogP contribution in [0.3, 0.4) is 0 Å². The molecule has 0 spiro atoms. The molecule has 4 rings (SSSR count). The number of fused-ring (bicyclic) bond motifs is 1. The van der Waals surface area contributed by atoms with Gasteiger partial charge in [-0.3, -0.25) is 0 Å². The predicted octanol–water partition coefficient (Wildman–Crippen LogP) is 3.42. The molecule has 0 fully saturated rings. The number of nitrogens with zero attached hydrogens (tertiary/aromatic N) is 1. The van der Waals surface area contributed by atoms with Crippen molar-refractivity contribution in [3.05, 3.63) is 71.5 Å². The molecule has 3 heterocycles. The zero-order valence-corrected chi connectivity index (χ0v) is 15.1. The topological polar surface area (TPSA) is 62.6 Å². The van der Waals surface area contributed by atoms with E-state index in [2.05, 4.69) is 21.8 Å². The van der Waals surface area contributed by atoms with E-state index in [9.17, 15) is 8.42 Å². The third kappa shape index (κ3) is 3.22. The van der Waals surface area contributed by atoms with E-state index in [1.54, 1.807) is 23.8 Å². The molecule has 0 bridgehead atoms. The van der Waals surface area contributed by atoms with Crippen LogP contribution >= 0.6 is 11.3 Å². The van der Waals surface area contributed by atoms with Crippen LogP contribution in [0.15, 0.2) is 68.8 Å². The molecular formula is C18H18N2O3S2. The van der Waals surface area contributed by atoms with Gasteiger partial charge in [-0.15, -0.1) is 11.3 Å². The molecule has 3 aromatic rings. The van der Waals surface area contributed by atoms with Crippen LogP contribution in [0.25, 0.3) is 0 Å². The van der Waals surface area contributed by atoms with Crippen molar-refractivity contribution in [2.75, 3.05) is 18.0 Å². The van der Waals surface area contributed by atoms with E-state index in [0.717, 1.165) is 24.4 Å². The van der Waals surface area contributed by atoms with Gasteiger partial charge in [0.15, 0.2) is 0 Å². The Morgan fingerprint density at radius 2 is 2.04 bits per heavy atom. The van der Waals surface area contributed by atoms with Crippen molar-refractivity contribution in [3.63, 3.8) is 0 Å². The number of thiophene rings is 1. The smallest absolute Gasteiger partial charge is 0.250 e. The van der Waals surface area contributed by atoms with Gasteiger partial charge in [-0.25, -0.2) is 13.1 Å². The quantitative estimate of drug-likeness (QED) is 0.718. The Kier molecular flexibility index (Phi) is 4.37. The van der Waals surface area contributed by atoms with Gasteiger partial charge in [0.25, 0.3) is 0 Å². The van der Waals surface area contributed by atoms with Crippen molar-refractivity contribution in [1.29, 1.82) is 0 Å². The molecule has 25 heavy (non-hydrogen) atoms. The number of furan rings is 1. The van der Waals surface area contributed by atoms with Crippen LogP contribution < -0.4 is 9.62 Å². The SMILES string of the molecule is O=S(=O)(NC[C@@H](c1ccco1)N1CCc2ccccc21)c1cccs1. The van der Waals surface area contributed by atoms with Gasteiger partial charge in [0, 0.05) is 18.8 Å². The minimum atomic E-state index is -3.51. The van der Waals surface area contributed by atoms with E-state index in [4.69, 9.17) is 4.42 Å². The van der Waals surface area contributed by atoms with Crippen LogP contribution in [0.2, 0.25) is 0 Å². The average molecular weight is 374 g/mol. The van der Waals surface area contributed by atoms with Gasteiger partial charge in [0.05, 0.1) is 6.26 Å². The number of benzene rings is 1. The molecule has 7 heteroatoms. The molecule has 0 amide bonds. The zero-order chi connectivity index (χ0) is 17.3. The number of rotatable bonds is 6. The first-order valence-electron chi connectivity index (χ1n) is 8.06. The molecule has 130 valence electrons. The van der Waals surface area contributed by atoms with E-state index in [1.807, 2.05) is 24.3 Å². The summed E-state index contributed by atoms with van der Waals surface area (Å²) in [5, 5.41) is 1.76. The molecule has 0 unspecified atom stereocenters. The number of hydrogen-bond acceptors (Lipinski definition) is 5. The van der Waals surface area contributed by atoms with Crippen molar-refractivity contribution in [2.45, 2.75) is 16.7 Å². The third-order valence-corrected chi connectivity index (χ3v) is 7.22. The second-order valence-corrected chi connectivity index (χ2v) is 8.83. The molecule has 1 aromatic carbocycles. The van der Waals surface area contributed by atoms with E-state index in [-0.39, 0.29) is 12.6 Å². The largest absolute Gasteiger partial charge is 0.467 e. The lowest BCUT2D eigenvalue weighted by atomic mass is 10.1. The van der Waals surface area contributed by atoms with Crippen LogP contribution in [0.4, 0.5) is 5.69 Å². The van der Waals surface area contributed by atoms with Crippen LogP contribution in [0.5, 0.6) is 0 Å². The fourth-order valence-corrected chi connectivity index (χ4v) is 5.28. The van der Waals surface area contributed by atoms with Crippen molar-refractivity contribution in [3.8, 4) is 0 Å². The fourth-order valence-electron chi connectivity index (χ4n) is 3.21. The lowest BCUT2D eigenvalue weighted by Crippen LogP contribution is -2.37. The second kappa shape index (κ2) is 6.67. The van der Waals surface area contributed by atoms with Crippen molar-refractivity contribution in [1.82, 2.24) is 4.72 Å². The zero-order valence-electron chi connectivity index (χ0n) is 13.5. The first-order chi connectivity index (χ1) is 12.1. The molecule has 0 saturated heterocycles. The minimum Gasteiger partial charge on any atom is -0.467 e. The lowest BCUT2D eigenvalue weighted by Gasteiger charge is -2.29. The summed E-state index contributed by atoms with van der Waals surface area (Å²) < 4.78 is 33.6. The number of nitrogens with one attached hydrogen (secondary N) is 1. The van der Waals surface area contributed by atoms with E-state index < -0.39 is 10.0 Å². The summed E-state index contributed by atoms with van der Waals surface area (Å²) in [5.74, 6) is 0.755. The van der Waals surface area contributed by atoms with Crippen molar-refractivity contribution < 1.29 is 12.8 Å². The van der Waals surface area contributed by atoms with E-state index in [0.29, 0.717) is 4.21 Å². The van der Waals surface area contributed by atoms with Gasteiger partial charge in [0.1, 0.15) is 16.0 Å². The Labute approximate surface area is 151 Å². The minimum absolute atomic E-state index is 0.187. The summed E-state index contributed by atoms with van der Waals surface area (Å²) in [6, 6.07) is 15.1. The Hall–Kier alpha value is -2.09. The average Bonchev–Trinajstić information content (AvgIpc) is 3.37. The maximum atomic E-state index is 12.5. The molecular weight excluding hydrogens is 356 g/mol. The summed E-state index contributed by atoms with van der Waals surface area (Å²) in [7, 11) is -3.51. The Balaban J connectivity index is 1.61. The lowest BCUT2D eigenvalue weighted by molar-refractivity contribution is 0.447. The molecule has 1 N–H and O–H groups in total.